The van der Waals surface area contributed by atoms with E-state index in [9.17, 15) is 4.79 Å². The highest BCUT2D eigenvalue weighted by molar-refractivity contribution is 9.10. The second-order valence-electron chi connectivity index (χ2n) is 7.07. The van der Waals surface area contributed by atoms with E-state index in [1.807, 2.05) is 37.8 Å². The molecule has 5 nitrogen and oxygen atoms in total. The SMILES string of the molecule is CC(C)(C)OC(=O)N1C2CCC1(c1ccc(Br)cn1)CNC2. The Bertz CT molecular complexity index is 566. The van der Waals surface area contributed by atoms with Crippen LogP contribution in [0.3, 0.4) is 0 Å². The molecular formula is C16H22BrN3O2. The number of hydrogen-bond donors (Lipinski definition) is 1. The fraction of sp³-hybridized carbons (Fsp3) is 0.625. The maximum atomic E-state index is 12.8. The summed E-state index contributed by atoms with van der Waals surface area (Å²) in [6, 6.07) is 4.15. The number of rotatable bonds is 1. The van der Waals surface area contributed by atoms with Crippen LogP contribution in [0.4, 0.5) is 4.79 Å². The number of nitrogens with zero attached hydrogens (tertiary/aromatic N) is 2. The van der Waals surface area contributed by atoms with Crippen molar-refractivity contribution in [3.63, 3.8) is 0 Å². The maximum absolute atomic E-state index is 12.8. The number of fused-ring (bicyclic) bond motifs is 2. The van der Waals surface area contributed by atoms with Crippen LogP contribution in [0.25, 0.3) is 0 Å². The lowest BCUT2D eigenvalue weighted by atomic mass is 9.91. The highest BCUT2D eigenvalue weighted by Crippen LogP contribution is 2.44. The zero-order chi connectivity index (χ0) is 16.0. The van der Waals surface area contributed by atoms with Crippen molar-refractivity contribution in [1.29, 1.82) is 0 Å². The number of pyridine rings is 1. The Morgan fingerprint density at radius 2 is 2.27 bits per heavy atom. The summed E-state index contributed by atoms with van der Waals surface area (Å²) in [5.41, 5.74) is 0.0399. The number of carbonyl (C=O) groups excluding carboxylic acids is 1. The Morgan fingerprint density at radius 3 is 2.91 bits per heavy atom. The minimum atomic E-state index is -0.490. The normalized spacial score (nSPS) is 27.8. The quantitative estimate of drug-likeness (QED) is 0.828. The third-order valence-corrected chi connectivity index (χ3v) is 4.78. The summed E-state index contributed by atoms with van der Waals surface area (Å²) in [6.07, 6.45) is 3.45. The monoisotopic (exact) mass is 367 g/mol. The lowest BCUT2D eigenvalue weighted by Crippen LogP contribution is -2.61. The number of amides is 1. The van der Waals surface area contributed by atoms with Gasteiger partial charge in [0.1, 0.15) is 11.1 Å². The van der Waals surface area contributed by atoms with Gasteiger partial charge in [-0.05, 0) is 61.7 Å². The minimum absolute atomic E-state index is 0.175. The van der Waals surface area contributed by atoms with Gasteiger partial charge in [-0.25, -0.2) is 4.79 Å². The molecule has 2 aliphatic rings. The Balaban J connectivity index is 1.96. The molecule has 2 aliphatic heterocycles. The first-order chi connectivity index (χ1) is 10.3. The number of ether oxygens (including phenoxy) is 1. The highest BCUT2D eigenvalue weighted by atomic mass is 79.9. The molecule has 1 amide bonds. The maximum Gasteiger partial charge on any atom is 0.411 e. The van der Waals surface area contributed by atoms with Crippen molar-refractivity contribution in [2.75, 3.05) is 13.1 Å². The van der Waals surface area contributed by atoms with Gasteiger partial charge in [-0.15, -0.1) is 0 Å². The molecule has 0 saturated carbocycles. The van der Waals surface area contributed by atoms with Crippen molar-refractivity contribution in [3.8, 4) is 0 Å². The van der Waals surface area contributed by atoms with Crippen LogP contribution in [0, 0.1) is 0 Å². The van der Waals surface area contributed by atoms with Gasteiger partial charge in [0, 0.05) is 29.8 Å². The van der Waals surface area contributed by atoms with E-state index >= 15 is 0 Å². The molecule has 6 heteroatoms. The van der Waals surface area contributed by atoms with E-state index in [0.29, 0.717) is 0 Å². The van der Waals surface area contributed by atoms with Crippen LogP contribution in [0.2, 0.25) is 0 Å². The number of aromatic nitrogens is 1. The number of nitrogens with one attached hydrogen (secondary N) is 1. The molecule has 0 spiro atoms. The first-order valence-electron chi connectivity index (χ1n) is 7.67. The summed E-state index contributed by atoms with van der Waals surface area (Å²) in [5.74, 6) is 0. The molecule has 3 rings (SSSR count). The molecule has 2 fully saturated rings. The van der Waals surface area contributed by atoms with E-state index in [-0.39, 0.29) is 12.1 Å². The van der Waals surface area contributed by atoms with Crippen molar-refractivity contribution in [2.45, 2.75) is 50.8 Å². The largest absolute Gasteiger partial charge is 0.444 e. The number of carbonyl (C=O) groups is 1. The third kappa shape index (κ3) is 2.74. The number of hydrogen-bond acceptors (Lipinski definition) is 4. The van der Waals surface area contributed by atoms with Crippen LogP contribution in [-0.2, 0) is 10.3 Å². The van der Waals surface area contributed by atoms with Gasteiger partial charge in [0.15, 0.2) is 0 Å². The molecule has 2 bridgehead atoms. The summed E-state index contributed by atoms with van der Waals surface area (Å²) in [6.45, 7) is 7.24. The van der Waals surface area contributed by atoms with Crippen LogP contribution in [0.15, 0.2) is 22.8 Å². The van der Waals surface area contributed by atoms with Gasteiger partial charge in [0.05, 0.1) is 5.69 Å². The van der Waals surface area contributed by atoms with Gasteiger partial charge in [-0.1, -0.05) is 0 Å². The summed E-state index contributed by atoms with van der Waals surface area (Å²) in [4.78, 5) is 19.2. The Kier molecular flexibility index (Phi) is 3.93. The van der Waals surface area contributed by atoms with Crippen LogP contribution in [0.1, 0.15) is 39.3 Å². The predicted octanol–water partition coefficient (Wildman–Crippen LogP) is 3.04. The summed E-state index contributed by atoms with van der Waals surface area (Å²) >= 11 is 3.42. The molecule has 120 valence electrons. The van der Waals surface area contributed by atoms with Crippen molar-refractivity contribution < 1.29 is 9.53 Å². The molecule has 2 unspecified atom stereocenters. The van der Waals surface area contributed by atoms with Crippen LogP contribution < -0.4 is 5.32 Å². The smallest absolute Gasteiger partial charge is 0.411 e. The van der Waals surface area contributed by atoms with E-state index in [4.69, 9.17) is 4.74 Å². The van der Waals surface area contributed by atoms with Gasteiger partial charge in [-0.2, -0.15) is 0 Å². The van der Waals surface area contributed by atoms with Gasteiger partial charge in [0.2, 0.25) is 0 Å². The molecule has 0 radical (unpaired) electrons. The summed E-state index contributed by atoms with van der Waals surface area (Å²) < 4.78 is 6.59. The van der Waals surface area contributed by atoms with Gasteiger partial charge < -0.3 is 10.1 Å². The van der Waals surface area contributed by atoms with Crippen molar-refractivity contribution in [3.05, 3.63) is 28.5 Å². The molecule has 0 aromatic carbocycles. The third-order valence-electron chi connectivity index (χ3n) is 4.31. The van der Waals surface area contributed by atoms with Crippen molar-refractivity contribution in [2.24, 2.45) is 0 Å². The number of piperazine rings is 1. The molecule has 1 aromatic heterocycles. The zero-order valence-corrected chi connectivity index (χ0v) is 14.8. The fourth-order valence-electron chi connectivity index (χ4n) is 3.44. The molecule has 1 aromatic rings. The standard InChI is InChI=1S/C16H22BrN3O2/c1-15(2,3)22-14(21)20-12-6-7-16(20,10-18-9-12)13-5-4-11(17)8-19-13/h4-5,8,12,18H,6-7,9-10H2,1-3H3. The molecular weight excluding hydrogens is 346 g/mol. The number of halogens is 1. The van der Waals surface area contributed by atoms with Crippen LogP contribution in [-0.4, -0.2) is 40.7 Å². The molecule has 2 saturated heterocycles. The Hall–Kier alpha value is -1.14. The van der Waals surface area contributed by atoms with Crippen LogP contribution in [0.5, 0.6) is 0 Å². The Morgan fingerprint density at radius 1 is 1.50 bits per heavy atom. The molecule has 0 aliphatic carbocycles. The predicted molar refractivity (Wildman–Crippen MR) is 87.6 cm³/mol. The van der Waals surface area contributed by atoms with Crippen molar-refractivity contribution >= 4 is 22.0 Å². The van der Waals surface area contributed by atoms with Gasteiger partial charge in [0.25, 0.3) is 0 Å². The average molecular weight is 368 g/mol. The summed E-state index contributed by atoms with van der Waals surface area (Å²) in [7, 11) is 0. The first kappa shape index (κ1) is 15.7. The fourth-order valence-corrected chi connectivity index (χ4v) is 3.68. The van der Waals surface area contributed by atoms with Crippen LogP contribution >= 0.6 is 15.9 Å². The van der Waals surface area contributed by atoms with Crippen molar-refractivity contribution in [1.82, 2.24) is 15.2 Å². The van der Waals surface area contributed by atoms with E-state index in [1.165, 1.54) is 0 Å². The Labute approximate surface area is 139 Å². The minimum Gasteiger partial charge on any atom is -0.444 e. The second-order valence-corrected chi connectivity index (χ2v) is 7.98. The highest BCUT2D eigenvalue weighted by Gasteiger charge is 2.54. The van der Waals surface area contributed by atoms with Gasteiger partial charge in [-0.3, -0.25) is 9.88 Å². The molecule has 3 heterocycles. The molecule has 22 heavy (non-hydrogen) atoms. The topological polar surface area (TPSA) is 54.5 Å². The first-order valence-corrected chi connectivity index (χ1v) is 8.46. The van der Waals surface area contributed by atoms with Gasteiger partial charge >= 0.3 is 6.09 Å². The van der Waals surface area contributed by atoms with E-state index in [2.05, 4.69) is 26.2 Å². The molecule has 2 atom stereocenters. The lowest BCUT2D eigenvalue weighted by molar-refractivity contribution is -0.0124. The molecule has 1 N–H and O–H groups in total. The summed E-state index contributed by atoms with van der Waals surface area (Å²) in [5, 5.41) is 3.45. The van der Waals surface area contributed by atoms with E-state index in [1.54, 1.807) is 6.20 Å². The second kappa shape index (κ2) is 5.49. The van der Waals surface area contributed by atoms with E-state index in [0.717, 1.165) is 36.1 Å². The lowest BCUT2D eigenvalue weighted by Gasteiger charge is -2.44. The zero-order valence-electron chi connectivity index (χ0n) is 13.2. The average Bonchev–Trinajstić information content (AvgIpc) is 2.66. The van der Waals surface area contributed by atoms with E-state index < -0.39 is 11.1 Å².